The summed E-state index contributed by atoms with van der Waals surface area (Å²) in [4.78, 5) is 0. The Morgan fingerprint density at radius 2 is 0.912 bits per heavy atom. The molecule has 34 heavy (non-hydrogen) atoms. The van der Waals surface area contributed by atoms with Gasteiger partial charge < -0.3 is 5.02 Å². The van der Waals surface area contributed by atoms with Gasteiger partial charge >= 0.3 is 7.48 Å². The molecular weight excluding hydrogens is 411 g/mol. The van der Waals surface area contributed by atoms with Gasteiger partial charge in [-0.25, -0.2) is 0 Å². The first-order valence-electron chi connectivity index (χ1n) is 11.7. The molecule has 0 aliphatic heterocycles. The molecular formula is C32H21BO. The maximum Gasteiger partial charge on any atom is 0.305 e. The van der Waals surface area contributed by atoms with Crippen molar-refractivity contribution in [1.29, 1.82) is 0 Å². The highest BCUT2D eigenvalue weighted by molar-refractivity contribution is 6.51. The van der Waals surface area contributed by atoms with Gasteiger partial charge in [0.1, 0.15) is 0 Å². The fourth-order valence-electron chi connectivity index (χ4n) is 5.81. The van der Waals surface area contributed by atoms with Crippen LogP contribution in [0.2, 0.25) is 0 Å². The van der Waals surface area contributed by atoms with Gasteiger partial charge in [-0.1, -0.05) is 115 Å². The first-order valence-corrected chi connectivity index (χ1v) is 11.7. The second-order valence-electron chi connectivity index (χ2n) is 8.94. The molecule has 0 saturated heterocycles. The van der Waals surface area contributed by atoms with E-state index in [1.165, 1.54) is 60.7 Å². The van der Waals surface area contributed by atoms with Crippen LogP contribution in [0.25, 0.3) is 66.1 Å². The number of fused-ring (bicyclic) bond motifs is 4. The molecule has 0 saturated carbocycles. The average Bonchev–Trinajstić information content (AvgIpc) is 3.24. The summed E-state index contributed by atoms with van der Waals surface area (Å²) in [6.07, 6.45) is 0. The van der Waals surface area contributed by atoms with Gasteiger partial charge in [0.2, 0.25) is 0 Å². The number of benzene rings is 6. The van der Waals surface area contributed by atoms with Gasteiger partial charge in [-0.2, -0.15) is 0 Å². The Morgan fingerprint density at radius 3 is 1.47 bits per heavy atom. The Hall–Kier alpha value is -4.14. The van der Waals surface area contributed by atoms with Crippen LogP contribution >= 0.6 is 0 Å². The third-order valence-electron chi connectivity index (χ3n) is 7.18. The van der Waals surface area contributed by atoms with Crippen molar-refractivity contribution in [2.45, 2.75) is 0 Å². The van der Waals surface area contributed by atoms with Crippen molar-refractivity contribution in [2.24, 2.45) is 0 Å². The van der Waals surface area contributed by atoms with Crippen LogP contribution in [0.1, 0.15) is 0 Å². The van der Waals surface area contributed by atoms with E-state index in [1.54, 1.807) is 0 Å². The minimum atomic E-state index is 0.0373. The van der Waals surface area contributed by atoms with Gasteiger partial charge in [0, 0.05) is 0 Å². The third kappa shape index (κ3) is 2.60. The minimum absolute atomic E-state index is 0.0373. The third-order valence-corrected chi connectivity index (χ3v) is 7.18. The first-order chi connectivity index (χ1) is 16.9. The van der Waals surface area contributed by atoms with E-state index < -0.39 is 0 Å². The number of rotatable bonds is 3. The van der Waals surface area contributed by atoms with Crippen LogP contribution in [0.3, 0.4) is 0 Å². The van der Waals surface area contributed by atoms with Crippen LogP contribution in [0.5, 0.6) is 0 Å². The summed E-state index contributed by atoms with van der Waals surface area (Å²) in [5, 5.41) is 15.0. The van der Waals surface area contributed by atoms with E-state index in [-0.39, 0.29) is 7.48 Å². The summed E-state index contributed by atoms with van der Waals surface area (Å²) in [6.45, 7) is 0. The highest BCUT2D eigenvalue weighted by atomic mass is 16.2. The summed E-state index contributed by atoms with van der Waals surface area (Å²) in [6, 6.07) is 41.1. The van der Waals surface area contributed by atoms with Crippen molar-refractivity contribution in [3.8, 4) is 44.5 Å². The zero-order valence-corrected chi connectivity index (χ0v) is 18.6. The highest BCUT2D eigenvalue weighted by Crippen LogP contribution is 2.57. The monoisotopic (exact) mass is 432 g/mol. The smallest absolute Gasteiger partial charge is 0.305 e. The molecule has 1 nitrogen and oxygen atoms in total. The molecule has 0 fully saturated rings. The van der Waals surface area contributed by atoms with Gasteiger partial charge in [-0.3, -0.25) is 0 Å². The molecule has 7 rings (SSSR count). The Morgan fingerprint density at radius 1 is 0.412 bits per heavy atom. The summed E-state index contributed by atoms with van der Waals surface area (Å²) in [7, 11) is 0.0373. The van der Waals surface area contributed by atoms with Crippen LogP contribution < -0.4 is 5.46 Å². The van der Waals surface area contributed by atoms with E-state index >= 15 is 0 Å². The van der Waals surface area contributed by atoms with Gasteiger partial charge in [-0.05, 0) is 71.5 Å². The molecule has 6 aromatic rings. The highest BCUT2D eigenvalue weighted by Gasteiger charge is 2.30. The second kappa shape index (κ2) is 7.45. The van der Waals surface area contributed by atoms with Crippen molar-refractivity contribution in [2.75, 3.05) is 0 Å². The molecule has 0 atom stereocenters. The van der Waals surface area contributed by atoms with Crippen LogP contribution in [-0.2, 0) is 0 Å². The minimum Gasteiger partial charge on any atom is -0.449 e. The standard InChI is InChI=1S/C32H21BO/c34-33-27-19-18-26-30-24(27)16-9-17-25(30)31-28(20-10-3-1-4-11-20)22-14-7-8-15-23(22)29(32(26)31)21-12-5-2-6-13-21/h1-19,33-34H. The number of hydrogen-bond acceptors (Lipinski definition) is 1. The Kier molecular flexibility index (Phi) is 4.24. The van der Waals surface area contributed by atoms with E-state index in [9.17, 15) is 5.02 Å². The molecule has 6 aromatic carbocycles. The van der Waals surface area contributed by atoms with Gasteiger partial charge in [-0.15, -0.1) is 0 Å². The van der Waals surface area contributed by atoms with E-state index in [1.807, 2.05) is 0 Å². The fourth-order valence-corrected chi connectivity index (χ4v) is 5.81. The quantitative estimate of drug-likeness (QED) is 0.300. The number of hydrogen-bond donors (Lipinski definition) is 1. The molecule has 0 unspecified atom stereocenters. The Balaban J connectivity index is 1.76. The van der Waals surface area contributed by atoms with Gasteiger partial charge in [0.05, 0.1) is 0 Å². The molecule has 2 heteroatoms. The fraction of sp³-hybridized carbons (Fsp3) is 0. The normalized spacial score (nSPS) is 11.7. The molecule has 0 bridgehead atoms. The Labute approximate surface area is 199 Å². The van der Waals surface area contributed by atoms with Crippen LogP contribution in [0, 0.1) is 0 Å². The van der Waals surface area contributed by atoms with E-state index in [4.69, 9.17) is 0 Å². The van der Waals surface area contributed by atoms with E-state index in [0.29, 0.717) is 0 Å². The molecule has 0 heterocycles. The molecule has 0 radical (unpaired) electrons. The molecule has 1 aliphatic carbocycles. The SMILES string of the molecule is OBc1ccc2c3c(cccc13)-c1c-2c(-c2ccccc2)c2ccccc2c1-c1ccccc1. The zero-order valence-electron chi connectivity index (χ0n) is 18.6. The predicted molar refractivity (Wildman–Crippen MR) is 146 cm³/mol. The first kappa shape index (κ1) is 19.3. The average molecular weight is 432 g/mol. The Bertz CT molecular complexity index is 1630. The second-order valence-corrected chi connectivity index (χ2v) is 8.94. The summed E-state index contributed by atoms with van der Waals surface area (Å²) in [5.74, 6) is 0. The molecule has 0 amide bonds. The van der Waals surface area contributed by atoms with E-state index in [2.05, 4.69) is 115 Å². The van der Waals surface area contributed by atoms with E-state index in [0.717, 1.165) is 10.8 Å². The molecule has 0 spiro atoms. The van der Waals surface area contributed by atoms with Gasteiger partial charge in [0.15, 0.2) is 0 Å². The van der Waals surface area contributed by atoms with Crippen molar-refractivity contribution >= 4 is 34.5 Å². The summed E-state index contributed by atoms with van der Waals surface area (Å²) < 4.78 is 0. The maximum absolute atomic E-state index is 10.1. The lowest BCUT2D eigenvalue weighted by atomic mass is 9.82. The maximum atomic E-state index is 10.1. The van der Waals surface area contributed by atoms with Crippen LogP contribution in [0.4, 0.5) is 0 Å². The van der Waals surface area contributed by atoms with Gasteiger partial charge in [0.25, 0.3) is 0 Å². The van der Waals surface area contributed by atoms with Crippen LogP contribution in [-0.4, -0.2) is 12.5 Å². The largest absolute Gasteiger partial charge is 0.449 e. The lowest BCUT2D eigenvalue weighted by Gasteiger charge is -2.20. The topological polar surface area (TPSA) is 20.2 Å². The van der Waals surface area contributed by atoms with Crippen molar-refractivity contribution in [3.05, 3.63) is 115 Å². The zero-order chi connectivity index (χ0) is 22.6. The molecule has 158 valence electrons. The summed E-state index contributed by atoms with van der Waals surface area (Å²) in [5.41, 5.74) is 11.1. The molecule has 0 aromatic heterocycles. The predicted octanol–water partition coefficient (Wildman–Crippen LogP) is 6.94. The van der Waals surface area contributed by atoms with Crippen molar-refractivity contribution in [3.63, 3.8) is 0 Å². The summed E-state index contributed by atoms with van der Waals surface area (Å²) >= 11 is 0. The van der Waals surface area contributed by atoms with Crippen molar-refractivity contribution in [1.82, 2.24) is 0 Å². The molecule has 1 N–H and O–H groups in total. The van der Waals surface area contributed by atoms with Crippen molar-refractivity contribution < 1.29 is 5.02 Å². The lowest BCUT2D eigenvalue weighted by Crippen LogP contribution is -2.14. The van der Waals surface area contributed by atoms with Crippen LogP contribution in [0.15, 0.2) is 115 Å². The lowest BCUT2D eigenvalue weighted by molar-refractivity contribution is 0.616. The molecule has 1 aliphatic rings.